The number of hydrogen-bond acceptors (Lipinski definition) is 3. The highest BCUT2D eigenvalue weighted by molar-refractivity contribution is 7.92. The Morgan fingerprint density at radius 2 is 1.52 bits per heavy atom. The second-order valence-corrected chi connectivity index (χ2v) is 8.81. The monoisotopic (exact) mass is 388 g/mol. The van der Waals surface area contributed by atoms with Crippen LogP contribution in [0.1, 0.15) is 30.0 Å². The van der Waals surface area contributed by atoms with E-state index in [4.69, 9.17) is 0 Å². The molecule has 146 valence electrons. The Morgan fingerprint density at radius 3 is 2.04 bits per heavy atom. The molecule has 0 aromatic heterocycles. The second kappa shape index (κ2) is 9.04. The molecular weight excluding hydrogens is 360 g/mol. The second-order valence-electron chi connectivity index (χ2n) is 6.95. The number of carbonyl (C=O) groups excluding carboxylic acids is 1. The van der Waals surface area contributed by atoms with Crippen LogP contribution in [-0.2, 0) is 21.2 Å². The lowest BCUT2D eigenvalue weighted by molar-refractivity contribution is -0.121. The van der Waals surface area contributed by atoms with Gasteiger partial charge in [-0.15, -0.1) is 0 Å². The van der Waals surface area contributed by atoms with Gasteiger partial charge >= 0.3 is 0 Å². The lowest BCUT2D eigenvalue weighted by atomic mass is 10.1. The number of rotatable bonds is 8. The summed E-state index contributed by atoms with van der Waals surface area (Å²) in [5.41, 5.74) is 3.96. The zero-order chi connectivity index (χ0) is 20.0. The Bertz CT molecular complexity index is 859. The summed E-state index contributed by atoms with van der Waals surface area (Å²) in [7, 11) is -3.58. The number of amides is 1. The fourth-order valence-electron chi connectivity index (χ4n) is 2.91. The highest BCUT2D eigenvalue weighted by atomic mass is 32.2. The molecule has 0 bridgehead atoms. The topological polar surface area (TPSA) is 66.5 Å². The van der Waals surface area contributed by atoms with Crippen LogP contribution in [0.15, 0.2) is 48.5 Å². The molecular formula is C21H28N2O3S. The van der Waals surface area contributed by atoms with Gasteiger partial charge in [-0.1, -0.05) is 47.5 Å². The summed E-state index contributed by atoms with van der Waals surface area (Å²) in [6.07, 6.45) is 2.78. The number of hydrogen-bond donors (Lipinski definition) is 1. The van der Waals surface area contributed by atoms with Gasteiger partial charge in [0.2, 0.25) is 15.9 Å². The average molecular weight is 389 g/mol. The molecule has 2 aromatic carbocycles. The van der Waals surface area contributed by atoms with Crippen LogP contribution in [0.25, 0.3) is 0 Å². The predicted molar refractivity (Wildman–Crippen MR) is 110 cm³/mol. The molecule has 0 aliphatic carbocycles. The van der Waals surface area contributed by atoms with E-state index < -0.39 is 16.1 Å². The van der Waals surface area contributed by atoms with Crippen LogP contribution >= 0.6 is 0 Å². The maximum Gasteiger partial charge on any atom is 0.243 e. The van der Waals surface area contributed by atoms with Gasteiger partial charge in [-0.05, 0) is 51.3 Å². The fourth-order valence-corrected chi connectivity index (χ4v) is 4.08. The van der Waals surface area contributed by atoms with Crippen molar-refractivity contribution in [1.29, 1.82) is 0 Å². The molecule has 2 rings (SSSR count). The van der Waals surface area contributed by atoms with Crippen LogP contribution in [0, 0.1) is 13.8 Å². The molecule has 0 aliphatic rings. The first kappa shape index (κ1) is 21.0. The molecule has 6 heteroatoms. The highest BCUT2D eigenvalue weighted by Crippen LogP contribution is 2.21. The summed E-state index contributed by atoms with van der Waals surface area (Å²) in [5.74, 6) is -0.301. The summed E-state index contributed by atoms with van der Waals surface area (Å²) in [6, 6.07) is 14.6. The number of carbonyl (C=O) groups is 1. The smallest absolute Gasteiger partial charge is 0.243 e. The lowest BCUT2D eigenvalue weighted by Gasteiger charge is -2.28. The van der Waals surface area contributed by atoms with E-state index in [2.05, 4.69) is 29.6 Å². The summed E-state index contributed by atoms with van der Waals surface area (Å²) in [6.45, 7) is 6.09. The van der Waals surface area contributed by atoms with Crippen molar-refractivity contribution in [2.45, 2.75) is 39.7 Å². The van der Waals surface area contributed by atoms with E-state index in [0.29, 0.717) is 12.2 Å². The number of nitrogens with one attached hydrogen (secondary N) is 1. The van der Waals surface area contributed by atoms with Crippen molar-refractivity contribution < 1.29 is 13.2 Å². The molecule has 0 radical (unpaired) electrons. The molecule has 0 fully saturated rings. The molecule has 1 atom stereocenters. The van der Waals surface area contributed by atoms with E-state index in [1.54, 1.807) is 19.1 Å². The van der Waals surface area contributed by atoms with E-state index in [1.807, 2.05) is 26.0 Å². The van der Waals surface area contributed by atoms with Crippen LogP contribution in [0.4, 0.5) is 5.69 Å². The van der Waals surface area contributed by atoms with Crippen molar-refractivity contribution in [3.05, 3.63) is 65.2 Å². The van der Waals surface area contributed by atoms with Crippen LogP contribution in [0.5, 0.6) is 0 Å². The van der Waals surface area contributed by atoms with Crippen molar-refractivity contribution in [2.75, 3.05) is 17.1 Å². The van der Waals surface area contributed by atoms with Crippen LogP contribution in [0.2, 0.25) is 0 Å². The van der Waals surface area contributed by atoms with Gasteiger partial charge < -0.3 is 5.32 Å². The van der Waals surface area contributed by atoms with Gasteiger partial charge in [0.15, 0.2) is 0 Å². The van der Waals surface area contributed by atoms with Gasteiger partial charge in [-0.3, -0.25) is 9.10 Å². The zero-order valence-corrected chi connectivity index (χ0v) is 17.2. The minimum absolute atomic E-state index is 0.301. The summed E-state index contributed by atoms with van der Waals surface area (Å²) < 4.78 is 25.7. The quantitative estimate of drug-likeness (QED) is 0.706. The van der Waals surface area contributed by atoms with Crippen LogP contribution in [0.3, 0.4) is 0 Å². The molecule has 0 aliphatic heterocycles. The normalized spacial score (nSPS) is 12.4. The van der Waals surface area contributed by atoms with E-state index in [9.17, 15) is 13.2 Å². The first-order valence-electron chi connectivity index (χ1n) is 9.08. The number of aryl methyl sites for hydroxylation is 3. The molecule has 0 unspecified atom stereocenters. The predicted octanol–water partition coefficient (Wildman–Crippen LogP) is 3.21. The Morgan fingerprint density at radius 1 is 1.00 bits per heavy atom. The van der Waals surface area contributed by atoms with Gasteiger partial charge in [0, 0.05) is 6.54 Å². The molecule has 0 saturated heterocycles. The summed E-state index contributed by atoms with van der Waals surface area (Å²) >= 11 is 0. The number of nitrogens with zero attached hydrogens (tertiary/aromatic N) is 1. The van der Waals surface area contributed by atoms with E-state index >= 15 is 0 Å². The molecule has 0 saturated carbocycles. The third-order valence-electron chi connectivity index (χ3n) is 4.44. The molecule has 1 amide bonds. The lowest BCUT2D eigenvalue weighted by Crippen LogP contribution is -2.48. The average Bonchev–Trinajstić information content (AvgIpc) is 2.60. The van der Waals surface area contributed by atoms with Crippen LogP contribution < -0.4 is 9.62 Å². The van der Waals surface area contributed by atoms with Crippen LogP contribution in [-0.4, -0.2) is 33.2 Å². The number of benzene rings is 2. The maximum absolute atomic E-state index is 12.5. The maximum atomic E-state index is 12.5. The van der Waals surface area contributed by atoms with Gasteiger partial charge in [0.05, 0.1) is 11.9 Å². The summed E-state index contributed by atoms with van der Waals surface area (Å²) in [4.78, 5) is 12.5. The Balaban J connectivity index is 1.96. The number of anilines is 1. The minimum Gasteiger partial charge on any atom is -0.354 e. The molecule has 2 aromatic rings. The summed E-state index contributed by atoms with van der Waals surface area (Å²) in [5, 5.41) is 2.85. The van der Waals surface area contributed by atoms with Crippen molar-refractivity contribution >= 4 is 21.6 Å². The van der Waals surface area contributed by atoms with Crippen molar-refractivity contribution in [2.24, 2.45) is 0 Å². The minimum atomic E-state index is -3.58. The molecule has 0 spiro atoms. The largest absolute Gasteiger partial charge is 0.354 e. The van der Waals surface area contributed by atoms with Gasteiger partial charge in [-0.2, -0.15) is 0 Å². The van der Waals surface area contributed by atoms with Crippen molar-refractivity contribution in [3.63, 3.8) is 0 Å². The Labute approximate surface area is 162 Å². The molecule has 5 nitrogen and oxygen atoms in total. The van der Waals surface area contributed by atoms with Gasteiger partial charge in [0.25, 0.3) is 0 Å². The standard InChI is InChI=1S/C21H28N2O3S/c1-16-7-11-19(12-8-16)6-5-15-22-21(24)18(3)23(27(4,25)26)20-13-9-17(2)10-14-20/h7-14,18H,5-6,15H2,1-4H3,(H,22,24)/t18-/m1/s1. The molecule has 0 heterocycles. The fraction of sp³-hybridized carbons (Fsp3) is 0.381. The third-order valence-corrected chi connectivity index (χ3v) is 5.68. The Kier molecular flexibility index (Phi) is 7.02. The first-order valence-corrected chi connectivity index (χ1v) is 10.9. The third kappa shape index (κ3) is 6.10. The first-order chi connectivity index (χ1) is 12.7. The van der Waals surface area contributed by atoms with E-state index in [0.717, 1.165) is 24.7 Å². The van der Waals surface area contributed by atoms with Crippen molar-refractivity contribution in [1.82, 2.24) is 5.32 Å². The zero-order valence-electron chi connectivity index (χ0n) is 16.4. The SMILES string of the molecule is Cc1ccc(CCCNC(=O)[C@@H](C)N(c2ccc(C)cc2)S(C)(=O)=O)cc1. The van der Waals surface area contributed by atoms with Crippen molar-refractivity contribution in [3.8, 4) is 0 Å². The molecule has 1 N–H and O–H groups in total. The van der Waals surface area contributed by atoms with Gasteiger partial charge in [-0.25, -0.2) is 8.42 Å². The highest BCUT2D eigenvalue weighted by Gasteiger charge is 2.28. The number of sulfonamides is 1. The molecule has 27 heavy (non-hydrogen) atoms. The Hall–Kier alpha value is -2.34. The van der Waals surface area contributed by atoms with E-state index in [-0.39, 0.29) is 5.91 Å². The van der Waals surface area contributed by atoms with E-state index in [1.165, 1.54) is 15.4 Å². The van der Waals surface area contributed by atoms with Gasteiger partial charge in [0.1, 0.15) is 6.04 Å².